The van der Waals surface area contributed by atoms with E-state index in [1.807, 2.05) is 68.4 Å². The van der Waals surface area contributed by atoms with Gasteiger partial charge in [-0.1, -0.05) is 96.0 Å². The van der Waals surface area contributed by atoms with Crippen LogP contribution in [0, 0.1) is 13.8 Å². The first-order valence-corrected chi connectivity index (χ1v) is 16.3. The molecule has 3 amide bonds. The summed E-state index contributed by atoms with van der Waals surface area (Å²) in [7, 11) is 0. The summed E-state index contributed by atoms with van der Waals surface area (Å²) < 4.78 is 0. The summed E-state index contributed by atoms with van der Waals surface area (Å²) in [6, 6.07) is 36.2. The zero-order valence-corrected chi connectivity index (χ0v) is 27.9. The highest BCUT2D eigenvalue weighted by Crippen LogP contribution is 2.37. The zero-order chi connectivity index (χ0) is 33.3. The van der Waals surface area contributed by atoms with Crippen molar-refractivity contribution in [3.8, 4) is 0 Å². The Morgan fingerprint density at radius 1 is 0.723 bits per heavy atom. The molecule has 0 spiro atoms. The standard InChI is InChI=1S/C38H31Cl2N3O3S/c1-24-19-20-25(2)33(21-24)42-38(46)35(26-11-5-3-6-12-26)47-29-16-9-15-28(22-29)41-37(45)34(23-30-31(39)17-10-18-32(30)40)43-36(44)27-13-7-4-8-14-27/h3-23,35H,1-2H3,(H,41,45)(H,42,46)(H,43,44)/b34-23+. The normalized spacial score (nSPS) is 11.8. The maximum absolute atomic E-state index is 13.7. The number of nitrogens with one attached hydrogen (secondary N) is 3. The Morgan fingerprint density at radius 3 is 2.09 bits per heavy atom. The molecule has 0 aromatic heterocycles. The van der Waals surface area contributed by atoms with Gasteiger partial charge in [0.25, 0.3) is 11.8 Å². The Balaban J connectivity index is 1.41. The van der Waals surface area contributed by atoms with E-state index in [4.69, 9.17) is 23.2 Å². The third-order valence-electron chi connectivity index (χ3n) is 7.15. The first kappa shape index (κ1) is 33.5. The van der Waals surface area contributed by atoms with Gasteiger partial charge in [0.1, 0.15) is 10.9 Å². The minimum Gasteiger partial charge on any atom is -0.325 e. The Hall–Kier alpha value is -4.82. The van der Waals surface area contributed by atoms with Crippen molar-refractivity contribution >= 4 is 70.1 Å². The van der Waals surface area contributed by atoms with Crippen molar-refractivity contribution in [1.82, 2.24) is 5.32 Å². The van der Waals surface area contributed by atoms with E-state index in [0.29, 0.717) is 26.9 Å². The molecule has 3 N–H and O–H groups in total. The molecule has 5 aromatic carbocycles. The summed E-state index contributed by atoms with van der Waals surface area (Å²) >= 11 is 14.2. The molecule has 0 fully saturated rings. The van der Waals surface area contributed by atoms with E-state index in [-0.39, 0.29) is 11.6 Å². The maximum atomic E-state index is 13.7. The predicted octanol–water partition coefficient (Wildman–Crippen LogP) is 9.49. The second-order valence-electron chi connectivity index (χ2n) is 10.7. The predicted molar refractivity (Wildman–Crippen MR) is 193 cm³/mol. The van der Waals surface area contributed by atoms with Gasteiger partial charge in [-0.3, -0.25) is 14.4 Å². The minimum absolute atomic E-state index is 0.0537. The van der Waals surface area contributed by atoms with Crippen LogP contribution in [0.4, 0.5) is 11.4 Å². The number of benzene rings is 5. The van der Waals surface area contributed by atoms with Crippen LogP contribution in [0.25, 0.3) is 6.08 Å². The first-order chi connectivity index (χ1) is 22.7. The molecule has 236 valence electrons. The summed E-state index contributed by atoms with van der Waals surface area (Å²) in [6.45, 7) is 3.94. The highest BCUT2D eigenvalue weighted by atomic mass is 35.5. The van der Waals surface area contributed by atoms with Crippen molar-refractivity contribution in [3.05, 3.63) is 165 Å². The van der Waals surface area contributed by atoms with E-state index in [9.17, 15) is 14.4 Å². The second-order valence-corrected chi connectivity index (χ2v) is 12.7. The number of hydrogen-bond donors (Lipinski definition) is 3. The van der Waals surface area contributed by atoms with E-state index < -0.39 is 17.1 Å². The molecule has 0 aliphatic rings. The Bertz CT molecular complexity index is 1930. The van der Waals surface area contributed by atoms with Gasteiger partial charge in [0.15, 0.2) is 0 Å². The molecule has 0 aliphatic carbocycles. The minimum atomic E-state index is -0.584. The Labute approximate surface area is 288 Å². The molecule has 9 heteroatoms. The van der Waals surface area contributed by atoms with Crippen LogP contribution in [0.3, 0.4) is 0 Å². The third-order valence-corrected chi connectivity index (χ3v) is 9.06. The lowest BCUT2D eigenvalue weighted by atomic mass is 10.1. The van der Waals surface area contributed by atoms with Crippen LogP contribution in [0.5, 0.6) is 0 Å². The molecule has 0 heterocycles. The van der Waals surface area contributed by atoms with Crippen molar-refractivity contribution in [2.45, 2.75) is 24.0 Å². The van der Waals surface area contributed by atoms with Gasteiger partial charge < -0.3 is 16.0 Å². The fourth-order valence-electron chi connectivity index (χ4n) is 4.69. The van der Waals surface area contributed by atoms with Crippen LogP contribution in [0.15, 0.2) is 132 Å². The molecule has 0 bridgehead atoms. The molecule has 6 nitrogen and oxygen atoms in total. The number of halogens is 2. The van der Waals surface area contributed by atoms with E-state index >= 15 is 0 Å². The van der Waals surface area contributed by atoms with Gasteiger partial charge >= 0.3 is 0 Å². The SMILES string of the molecule is Cc1ccc(C)c(NC(=O)C(Sc2cccc(NC(=O)/C(=C\c3c(Cl)cccc3Cl)NC(=O)c3ccccc3)c2)c2ccccc2)c1. The zero-order valence-electron chi connectivity index (χ0n) is 25.6. The summed E-state index contributed by atoms with van der Waals surface area (Å²) in [5, 5.41) is 8.74. The van der Waals surface area contributed by atoms with Gasteiger partial charge in [0.2, 0.25) is 5.91 Å². The van der Waals surface area contributed by atoms with Gasteiger partial charge in [-0.05, 0) is 85.1 Å². The highest BCUT2D eigenvalue weighted by molar-refractivity contribution is 8.00. The van der Waals surface area contributed by atoms with Gasteiger partial charge in [0.05, 0.1) is 0 Å². The lowest BCUT2D eigenvalue weighted by Crippen LogP contribution is -2.30. The van der Waals surface area contributed by atoms with Crippen molar-refractivity contribution < 1.29 is 14.4 Å². The van der Waals surface area contributed by atoms with Gasteiger partial charge in [-0.15, -0.1) is 11.8 Å². The number of aryl methyl sites for hydroxylation is 2. The largest absolute Gasteiger partial charge is 0.325 e. The van der Waals surface area contributed by atoms with Gasteiger partial charge in [-0.25, -0.2) is 0 Å². The topological polar surface area (TPSA) is 87.3 Å². The number of carbonyl (C=O) groups is 3. The number of amides is 3. The van der Waals surface area contributed by atoms with Crippen molar-refractivity contribution in [3.63, 3.8) is 0 Å². The van der Waals surface area contributed by atoms with Crippen molar-refractivity contribution in [1.29, 1.82) is 0 Å². The van der Waals surface area contributed by atoms with Crippen LogP contribution in [-0.2, 0) is 9.59 Å². The van der Waals surface area contributed by atoms with Crippen molar-refractivity contribution in [2.75, 3.05) is 10.6 Å². The fourth-order valence-corrected chi connectivity index (χ4v) is 6.28. The number of carbonyl (C=O) groups excluding carboxylic acids is 3. The quantitative estimate of drug-likeness (QED) is 0.101. The number of hydrogen-bond acceptors (Lipinski definition) is 4. The molecule has 47 heavy (non-hydrogen) atoms. The molecule has 1 atom stereocenters. The van der Waals surface area contributed by atoms with E-state index in [1.54, 1.807) is 66.7 Å². The lowest BCUT2D eigenvalue weighted by molar-refractivity contribution is -0.116. The molecule has 5 aromatic rings. The van der Waals surface area contributed by atoms with Crippen LogP contribution in [0.2, 0.25) is 10.0 Å². The molecule has 1 unspecified atom stereocenters. The summed E-state index contributed by atoms with van der Waals surface area (Å²) in [6.07, 6.45) is 1.45. The van der Waals surface area contributed by atoms with Crippen LogP contribution in [0.1, 0.15) is 37.9 Å². The maximum Gasteiger partial charge on any atom is 0.272 e. The molecular formula is C38H31Cl2N3O3S. The van der Waals surface area contributed by atoms with Crippen LogP contribution in [-0.4, -0.2) is 17.7 Å². The Morgan fingerprint density at radius 2 is 1.38 bits per heavy atom. The highest BCUT2D eigenvalue weighted by Gasteiger charge is 2.23. The summed E-state index contributed by atoms with van der Waals surface area (Å²) in [5.41, 5.74) is 4.78. The monoisotopic (exact) mass is 679 g/mol. The van der Waals surface area contributed by atoms with E-state index in [2.05, 4.69) is 16.0 Å². The molecule has 0 saturated carbocycles. The lowest BCUT2D eigenvalue weighted by Gasteiger charge is -2.19. The second kappa shape index (κ2) is 15.6. The number of anilines is 2. The Kier molecular flexibility index (Phi) is 11.2. The third kappa shape index (κ3) is 8.92. The molecule has 0 aliphatic heterocycles. The van der Waals surface area contributed by atoms with Crippen LogP contribution >= 0.6 is 35.0 Å². The van der Waals surface area contributed by atoms with Crippen LogP contribution < -0.4 is 16.0 Å². The van der Waals surface area contributed by atoms with Crippen molar-refractivity contribution in [2.24, 2.45) is 0 Å². The smallest absolute Gasteiger partial charge is 0.272 e. The van der Waals surface area contributed by atoms with Gasteiger partial charge in [-0.2, -0.15) is 0 Å². The molecule has 0 saturated heterocycles. The fraction of sp³-hybridized carbons (Fsp3) is 0.0789. The number of rotatable bonds is 10. The summed E-state index contributed by atoms with van der Waals surface area (Å²) in [4.78, 5) is 41.2. The average Bonchev–Trinajstić information content (AvgIpc) is 3.07. The van der Waals surface area contributed by atoms with E-state index in [1.165, 1.54) is 17.8 Å². The number of thioether (sulfide) groups is 1. The van der Waals surface area contributed by atoms with Gasteiger partial charge in [0, 0.05) is 37.4 Å². The van der Waals surface area contributed by atoms with E-state index in [0.717, 1.165) is 27.3 Å². The molecular weight excluding hydrogens is 649 g/mol. The molecule has 5 rings (SSSR count). The molecule has 0 radical (unpaired) electrons. The average molecular weight is 681 g/mol. The summed E-state index contributed by atoms with van der Waals surface area (Å²) in [5.74, 6) is -1.23. The first-order valence-electron chi connectivity index (χ1n) is 14.7.